The number of aliphatic imine (C=N–C) groups is 1. The van der Waals surface area contributed by atoms with Crippen molar-refractivity contribution in [2.75, 3.05) is 0 Å². The fourth-order valence-corrected chi connectivity index (χ4v) is 2.76. The summed E-state index contributed by atoms with van der Waals surface area (Å²) in [5.74, 6) is 0.457. The quantitative estimate of drug-likeness (QED) is 0.685. The van der Waals surface area contributed by atoms with Gasteiger partial charge in [0, 0.05) is 12.1 Å². The van der Waals surface area contributed by atoms with Crippen LogP contribution in [0.3, 0.4) is 0 Å². The molecule has 18 heavy (non-hydrogen) atoms. The Labute approximate surface area is 108 Å². The van der Waals surface area contributed by atoms with Gasteiger partial charge in [0.15, 0.2) is 0 Å². The Kier molecular flexibility index (Phi) is 2.75. The molecule has 0 spiro atoms. The van der Waals surface area contributed by atoms with Gasteiger partial charge in [0.1, 0.15) is 0 Å². The van der Waals surface area contributed by atoms with Gasteiger partial charge in [0.05, 0.1) is 5.69 Å². The van der Waals surface area contributed by atoms with Gasteiger partial charge >= 0.3 is 0 Å². The molecule has 1 unspecified atom stereocenters. The second-order valence-electron chi connectivity index (χ2n) is 4.91. The van der Waals surface area contributed by atoms with Crippen LogP contribution in [0.25, 0.3) is 0 Å². The van der Waals surface area contributed by atoms with E-state index in [0.717, 1.165) is 12.1 Å². The summed E-state index contributed by atoms with van der Waals surface area (Å²) in [6.45, 7) is 4.40. The summed E-state index contributed by atoms with van der Waals surface area (Å²) in [5, 5.41) is 0. The maximum atomic E-state index is 4.64. The highest BCUT2D eigenvalue weighted by atomic mass is 14.7. The van der Waals surface area contributed by atoms with E-state index < -0.39 is 0 Å². The van der Waals surface area contributed by atoms with Crippen LogP contribution in [-0.2, 0) is 0 Å². The third-order valence-corrected chi connectivity index (χ3v) is 3.68. The largest absolute Gasteiger partial charge is 0.256 e. The summed E-state index contributed by atoms with van der Waals surface area (Å²) in [4.78, 5) is 4.64. The molecule has 0 saturated heterocycles. The zero-order valence-electron chi connectivity index (χ0n) is 10.9. The molecule has 1 heteroatoms. The molecule has 0 radical (unpaired) electrons. The molecule has 90 valence electrons. The summed E-state index contributed by atoms with van der Waals surface area (Å²) >= 11 is 0. The summed E-state index contributed by atoms with van der Waals surface area (Å²) in [7, 11) is 0. The van der Waals surface area contributed by atoms with Crippen LogP contribution in [-0.4, -0.2) is 6.21 Å². The van der Waals surface area contributed by atoms with Gasteiger partial charge in [0.2, 0.25) is 0 Å². The smallest absolute Gasteiger partial charge is 0.0668 e. The first kappa shape index (κ1) is 11.2. The number of benzene rings is 2. The van der Waals surface area contributed by atoms with Gasteiger partial charge in [-0.3, -0.25) is 4.99 Å². The summed E-state index contributed by atoms with van der Waals surface area (Å²) < 4.78 is 0. The number of rotatable bonds is 1. The van der Waals surface area contributed by atoms with E-state index in [4.69, 9.17) is 0 Å². The predicted molar refractivity (Wildman–Crippen MR) is 77.0 cm³/mol. The summed E-state index contributed by atoms with van der Waals surface area (Å²) in [6.07, 6.45) is 3.11. The van der Waals surface area contributed by atoms with E-state index in [0.29, 0.717) is 5.92 Å². The van der Waals surface area contributed by atoms with Crippen molar-refractivity contribution in [1.82, 2.24) is 0 Å². The van der Waals surface area contributed by atoms with Gasteiger partial charge in [-0.15, -0.1) is 0 Å². The highest BCUT2D eigenvalue weighted by Crippen LogP contribution is 2.38. The van der Waals surface area contributed by atoms with Crippen molar-refractivity contribution in [1.29, 1.82) is 0 Å². The van der Waals surface area contributed by atoms with Crippen LogP contribution in [0.5, 0.6) is 0 Å². The average Bonchev–Trinajstić information content (AvgIpc) is 2.54. The molecule has 1 aliphatic heterocycles. The Morgan fingerprint density at radius 1 is 1.06 bits per heavy atom. The Balaban J connectivity index is 2.26. The standard InChI is InChI=1S/C17H17N/c1-3-14-15-7-5-4-6-13(15)11-18-17-9-8-12(2)10-16(14)17/h4-11,14H,3H2,1-2H3. The molecule has 2 aromatic carbocycles. The normalized spacial score (nSPS) is 16.9. The second kappa shape index (κ2) is 4.41. The van der Waals surface area contributed by atoms with Crippen molar-refractivity contribution >= 4 is 11.9 Å². The molecule has 1 heterocycles. The first-order valence-corrected chi connectivity index (χ1v) is 6.53. The molecule has 0 aliphatic carbocycles. The molecule has 2 aromatic rings. The summed E-state index contributed by atoms with van der Waals surface area (Å²) in [6, 6.07) is 15.1. The van der Waals surface area contributed by atoms with Gasteiger partial charge in [-0.2, -0.15) is 0 Å². The molecule has 0 N–H and O–H groups in total. The van der Waals surface area contributed by atoms with Crippen LogP contribution in [0.1, 0.15) is 41.5 Å². The molecule has 0 fully saturated rings. The second-order valence-corrected chi connectivity index (χ2v) is 4.91. The van der Waals surface area contributed by atoms with E-state index in [-0.39, 0.29) is 0 Å². The van der Waals surface area contributed by atoms with Gasteiger partial charge in [-0.05, 0) is 36.1 Å². The van der Waals surface area contributed by atoms with Gasteiger partial charge < -0.3 is 0 Å². The third kappa shape index (κ3) is 1.76. The van der Waals surface area contributed by atoms with Crippen molar-refractivity contribution in [3.63, 3.8) is 0 Å². The topological polar surface area (TPSA) is 12.4 Å². The molecule has 0 saturated carbocycles. The third-order valence-electron chi connectivity index (χ3n) is 3.68. The lowest BCUT2D eigenvalue weighted by atomic mass is 9.86. The monoisotopic (exact) mass is 235 g/mol. The minimum Gasteiger partial charge on any atom is -0.256 e. The number of aryl methyl sites for hydroxylation is 1. The molecular weight excluding hydrogens is 218 g/mol. The van der Waals surface area contributed by atoms with E-state index in [1.165, 1.54) is 22.3 Å². The van der Waals surface area contributed by atoms with E-state index in [1.807, 2.05) is 6.21 Å². The fourth-order valence-electron chi connectivity index (χ4n) is 2.76. The molecular formula is C17H17N. The SMILES string of the molecule is CCC1c2ccccc2C=Nc2ccc(C)cc21. The zero-order valence-corrected chi connectivity index (χ0v) is 10.9. The van der Waals surface area contributed by atoms with Gasteiger partial charge in [-0.1, -0.05) is 48.9 Å². The van der Waals surface area contributed by atoms with Crippen molar-refractivity contribution in [2.24, 2.45) is 4.99 Å². The van der Waals surface area contributed by atoms with Crippen molar-refractivity contribution in [2.45, 2.75) is 26.2 Å². The van der Waals surface area contributed by atoms with Gasteiger partial charge in [-0.25, -0.2) is 0 Å². The molecule has 1 atom stereocenters. The van der Waals surface area contributed by atoms with Crippen LogP contribution in [0.2, 0.25) is 0 Å². The van der Waals surface area contributed by atoms with Gasteiger partial charge in [0.25, 0.3) is 0 Å². The van der Waals surface area contributed by atoms with Crippen LogP contribution < -0.4 is 0 Å². The molecule has 0 bridgehead atoms. The van der Waals surface area contributed by atoms with Crippen LogP contribution in [0, 0.1) is 6.92 Å². The lowest BCUT2D eigenvalue weighted by Crippen LogP contribution is -2.02. The Hall–Kier alpha value is -1.89. The van der Waals surface area contributed by atoms with Crippen molar-refractivity contribution < 1.29 is 0 Å². The Morgan fingerprint density at radius 2 is 1.89 bits per heavy atom. The minimum atomic E-state index is 0.457. The molecule has 0 aromatic heterocycles. The molecule has 1 nitrogen and oxygen atoms in total. The Bertz CT molecular complexity index is 611. The predicted octanol–water partition coefficient (Wildman–Crippen LogP) is 4.60. The van der Waals surface area contributed by atoms with E-state index >= 15 is 0 Å². The van der Waals surface area contributed by atoms with E-state index in [9.17, 15) is 0 Å². The van der Waals surface area contributed by atoms with Crippen LogP contribution in [0.4, 0.5) is 5.69 Å². The number of fused-ring (bicyclic) bond motifs is 2. The molecule has 0 amide bonds. The van der Waals surface area contributed by atoms with E-state index in [2.05, 4.69) is 61.3 Å². The van der Waals surface area contributed by atoms with Crippen LogP contribution in [0.15, 0.2) is 47.5 Å². The molecule has 1 aliphatic rings. The highest BCUT2D eigenvalue weighted by molar-refractivity contribution is 5.86. The van der Waals surface area contributed by atoms with E-state index in [1.54, 1.807) is 0 Å². The lowest BCUT2D eigenvalue weighted by molar-refractivity contribution is 0.778. The minimum absolute atomic E-state index is 0.457. The number of hydrogen-bond acceptors (Lipinski definition) is 1. The Morgan fingerprint density at radius 3 is 2.72 bits per heavy atom. The highest BCUT2D eigenvalue weighted by Gasteiger charge is 2.20. The number of hydrogen-bond donors (Lipinski definition) is 0. The fraction of sp³-hybridized carbons (Fsp3) is 0.235. The van der Waals surface area contributed by atoms with Crippen molar-refractivity contribution in [3.05, 3.63) is 64.7 Å². The van der Waals surface area contributed by atoms with Crippen LogP contribution >= 0.6 is 0 Å². The zero-order chi connectivity index (χ0) is 12.5. The number of nitrogens with zero attached hydrogens (tertiary/aromatic N) is 1. The lowest BCUT2D eigenvalue weighted by Gasteiger charge is -2.18. The average molecular weight is 235 g/mol. The summed E-state index contributed by atoms with van der Waals surface area (Å²) in [5.41, 5.74) is 6.43. The maximum Gasteiger partial charge on any atom is 0.0668 e. The first-order valence-electron chi connectivity index (χ1n) is 6.53. The first-order chi connectivity index (χ1) is 8.79. The molecule has 3 rings (SSSR count). The van der Waals surface area contributed by atoms with Crippen molar-refractivity contribution in [3.8, 4) is 0 Å². The maximum absolute atomic E-state index is 4.64.